The highest BCUT2D eigenvalue weighted by atomic mass is 16.5. The Labute approximate surface area is 124 Å². The number of ether oxygens (including phenoxy) is 1. The van der Waals surface area contributed by atoms with Gasteiger partial charge in [-0.1, -0.05) is 6.07 Å². The van der Waals surface area contributed by atoms with Gasteiger partial charge in [-0.05, 0) is 49.9 Å². The minimum absolute atomic E-state index is 0.107. The molecular formula is C16H21NO4. The van der Waals surface area contributed by atoms with E-state index in [0.29, 0.717) is 0 Å². The van der Waals surface area contributed by atoms with Crippen LogP contribution in [0, 0.1) is 13.8 Å². The molecule has 0 spiro atoms. The molecule has 0 aliphatic heterocycles. The lowest BCUT2D eigenvalue weighted by atomic mass is 10.1. The molecule has 1 aliphatic rings. The van der Waals surface area contributed by atoms with Crippen LogP contribution in [0.4, 0.5) is 0 Å². The molecule has 0 bridgehead atoms. The van der Waals surface area contributed by atoms with Crippen molar-refractivity contribution in [3.8, 4) is 5.75 Å². The zero-order valence-electron chi connectivity index (χ0n) is 12.5. The highest BCUT2D eigenvalue weighted by Crippen LogP contribution is 2.27. The summed E-state index contributed by atoms with van der Waals surface area (Å²) in [5.74, 6) is -0.379. The zero-order chi connectivity index (χ0) is 15.4. The summed E-state index contributed by atoms with van der Waals surface area (Å²) in [5.41, 5.74) is 2.34. The summed E-state index contributed by atoms with van der Waals surface area (Å²) < 4.78 is 5.57. The number of aliphatic carboxylic acids is 1. The Bertz CT molecular complexity index is 537. The van der Waals surface area contributed by atoms with Crippen molar-refractivity contribution in [1.82, 2.24) is 4.90 Å². The van der Waals surface area contributed by atoms with E-state index in [1.807, 2.05) is 32.0 Å². The normalized spacial score (nSPS) is 13.8. The standard InChI is InChI=1S/C16H21NO4/c1-11-3-6-14(9-12(11)2)21-8-7-15(18)17(10-16(19)20)13-4-5-13/h3,6,9,13H,4-5,7-8,10H2,1-2H3,(H,19,20). The number of rotatable bonds is 7. The fourth-order valence-corrected chi connectivity index (χ4v) is 2.16. The summed E-state index contributed by atoms with van der Waals surface area (Å²) in [6.07, 6.45) is 2.00. The number of carboxylic acids is 1. The molecule has 1 aromatic rings. The van der Waals surface area contributed by atoms with E-state index in [-0.39, 0.29) is 31.5 Å². The number of aryl methyl sites for hydroxylation is 2. The highest BCUT2D eigenvalue weighted by Gasteiger charge is 2.33. The van der Waals surface area contributed by atoms with E-state index in [0.717, 1.165) is 24.2 Å². The number of carboxylic acid groups (broad SMARTS) is 1. The van der Waals surface area contributed by atoms with Crippen molar-refractivity contribution in [3.63, 3.8) is 0 Å². The number of nitrogens with zero attached hydrogens (tertiary/aromatic N) is 1. The Morgan fingerprint density at radius 3 is 2.57 bits per heavy atom. The van der Waals surface area contributed by atoms with Gasteiger partial charge in [0, 0.05) is 6.04 Å². The van der Waals surface area contributed by atoms with E-state index in [1.165, 1.54) is 10.5 Å². The second kappa shape index (κ2) is 6.61. The second-order valence-electron chi connectivity index (χ2n) is 5.49. The van der Waals surface area contributed by atoms with E-state index < -0.39 is 5.97 Å². The predicted molar refractivity (Wildman–Crippen MR) is 78.4 cm³/mol. The van der Waals surface area contributed by atoms with Crippen molar-refractivity contribution in [2.24, 2.45) is 0 Å². The molecule has 0 atom stereocenters. The van der Waals surface area contributed by atoms with Gasteiger partial charge < -0.3 is 14.7 Å². The average molecular weight is 291 g/mol. The van der Waals surface area contributed by atoms with Crippen LogP contribution in [-0.4, -0.2) is 41.1 Å². The zero-order valence-corrected chi connectivity index (χ0v) is 12.5. The molecule has 1 aromatic carbocycles. The molecule has 0 radical (unpaired) electrons. The summed E-state index contributed by atoms with van der Waals surface area (Å²) >= 11 is 0. The largest absolute Gasteiger partial charge is 0.493 e. The molecule has 1 saturated carbocycles. The maximum atomic E-state index is 12.1. The summed E-state index contributed by atoms with van der Waals surface area (Å²) in [5, 5.41) is 8.84. The van der Waals surface area contributed by atoms with Crippen LogP contribution in [0.2, 0.25) is 0 Å². The maximum absolute atomic E-state index is 12.1. The van der Waals surface area contributed by atoms with E-state index in [2.05, 4.69) is 0 Å². The number of carbonyl (C=O) groups is 2. The molecule has 5 nitrogen and oxygen atoms in total. The van der Waals surface area contributed by atoms with Gasteiger partial charge in [-0.25, -0.2) is 0 Å². The van der Waals surface area contributed by atoms with Crippen molar-refractivity contribution in [2.75, 3.05) is 13.2 Å². The quantitative estimate of drug-likeness (QED) is 0.836. The Balaban J connectivity index is 1.82. The van der Waals surface area contributed by atoms with E-state index in [9.17, 15) is 9.59 Å². The first-order chi connectivity index (χ1) is 9.97. The monoisotopic (exact) mass is 291 g/mol. The first-order valence-electron chi connectivity index (χ1n) is 7.18. The van der Waals surface area contributed by atoms with Gasteiger partial charge >= 0.3 is 5.97 Å². The number of benzene rings is 1. The molecule has 1 aliphatic carbocycles. The Hall–Kier alpha value is -2.04. The van der Waals surface area contributed by atoms with Crippen LogP contribution in [0.1, 0.15) is 30.4 Å². The molecule has 2 rings (SSSR count). The van der Waals surface area contributed by atoms with E-state index in [1.54, 1.807) is 0 Å². The first kappa shape index (κ1) is 15.4. The SMILES string of the molecule is Cc1ccc(OCCC(=O)N(CC(=O)O)C2CC2)cc1C. The van der Waals surface area contributed by atoms with Crippen molar-refractivity contribution in [3.05, 3.63) is 29.3 Å². The van der Waals surface area contributed by atoms with E-state index in [4.69, 9.17) is 9.84 Å². The molecule has 1 amide bonds. The predicted octanol–water partition coefficient (Wildman–Crippen LogP) is 2.15. The lowest BCUT2D eigenvalue weighted by Crippen LogP contribution is -2.38. The Morgan fingerprint density at radius 1 is 1.29 bits per heavy atom. The second-order valence-corrected chi connectivity index (χ2v) is 5.49. The van der Waals surface area contributed by atoms with Crippen LogP contribution < -0.4 is 4.74 Å². The van der Waals surface area contributed by atoms with Crippen LogP contribution >= 0.6 is 0 Å². The number of hydrogen-bond donors (Lipinski definition) is 1. The van der Waals surface area contributed by atoms with Gasteiger partial charge in [-0.3, -0.25) is 9.59 Å². The lowest BCUT2D eigenvalue weighted by Gasteiger charge is -2.20. The molecule has 0 heterocycles. The van der Waals surface area contributed by atoms with Crippen LogP contribution in [-0.2, 0) is 9.59 Å². The van der Waals surface area contributed by atoms with Crippen LogP contribution in [0.3, 0.4) is 0 Å². The smallest absolute Gasteiger partial charge is 0.323 e. The van der Waals surface area contributed by atoms with Crippen molar-refractivity contribution in [2.45, 2.75) is 39.2 Å². The van der Waals surface area contributed by atoms with Crippen LogP contribution in [0.25, 0.3) is 0 Å². The topological polar surface area (TPSA) is 66.8 Å². The van der Waals surface area contributed by atoms with Gasteiger partial charge in [0.2, 0.25) is 5.91 Å². The molecule has 21 heavy (non-hydrogen) atoms. The molecule has 5 heteroatoms. The van der Waals surface area contributed by atoms with Gasteiger partial charge in [-0.2, -0.15) is 0 Å². The number of amides is 1. The number of hydrogen-bond acceptors (Lipinski definition) is 3. The summed E-state index contributed by atoms with van der Waals surface area (Å²) in [4.78, 5) is 24.3. The average Bonchev–Trinajstić information content (AvgIpc) is 3.24. The van der Waals surface area contributed by atoms with Gasteiger partial charge in [0.1, 0.15) is 12.3 Å². The molecular weight excluding hydrogens is 270 g/mol. The van der Waals surface area contributed by atoms with Gasteiger partial charge in [0.05, 0.1) is 13.0 Å². The Morgan fingerprint density at radius 2 is 2.00 bits per heavy atom. The third kappa shape index (κ3) is 4.48. The lowest BCUT2D eigenvalue weighted by molar-refractivity contribution is -0.145. The van der Waals surface area contributed by atoms with Gasteiger partial charge in [-0.15, -0.1) is 0 Å². The van der Waals surface area contributed by atoms with Crippen LogP contribution in [0.5, 0.6) is 5.75 Å². The van der Waals surface area contributed by atoms with Crippen LogP contribution in [0.15, 0.2) is 18.2 Å². The molecule has 1 N–H and O–H groups in total. The fourth-order valence-electron chi connectivity index (χ4n) is 2.16. The summed E-state index contributed by atoms with van der Waals surface area (Å²) in [7, 11) is 0. The Kier molecular flexibility index (Phi) is 4.83. The van der Waals surface area contributed by atoms with Crippen molar-refractivity contribution >= 4 is 11.9 Å². The van der Waals surface area contributed by atoms with Crippen molar-refractivity contribution < 1.29 is 19.4 Å². The van der Waals surface area contributed by atoms with Gasteiger partial charge in [0.25, 0.3) is 0 Å². The molecule has 1 fully saturated rings. The first-order valence-corrected chi connectivity index (χ1v) is 7.18. The maximum Gasteiger partial charge on any atom is 0.323 e. The minimum atomic E-state index is -0.967. The van der Waals surface area contributed by atoms with E-state index >= 15 is 0 Å². The fraction of sp³-hybridized carbons (Fsp3) is 0.500. The molecule has 114 valence electrons. The minimum Gasteiger partial charge on any atom is -0.493 e. The van der Waals surface area contributed by atoms with Gasteiger partial charge in [0.15, 0.2) is 0 Å². The molecule has 0 unspecified atom stereocenters. The number of carbonyl (C=O) groups excluding carboxylic acids is 1. The third-order valence-electron chi connectivity index (χ3n) is 3.68. The molecule has 0 aromatic heterocycles. The van der Waals surface area contributed by atoms with Crippen molar-refractivity contribution in [1.29, 1.82) is 0 Å². The highest BCUT2D eigenvalue weighted by molar-refractivity contribution is 5.82. The molecule has 0 saturated heterocycles. The summed E-state index contributed by atoms with van der Waals surface area (Å²) in [6, 6.07) is 5.90. The summed E-state index contributed by atoms with van der Waals surface area (Å²) in [6.45, 7) is 4.09. The third-order valence-corrected chi connectivity index (χ3v) is 3.68.